The zero-order chi connectivity index (χ0) is 12.5. The molecule has 1 aromatic carbocycles. The lowest BCUT2D eigenvalue weighted by atomic mass is 9.97. The number of fused-ring (bicyclic) bond motifs is 1. The van der Waals surface area contributed by atoms with Gasteiger partial charge in [0.15, 0.2) is 0 Å². The van der Waals surface area contributed by atoms with E-state index in [1.165, 1.54) is 10.4 Å². The van der Waals surface area contributed by atoms with E-state index in [9.17, 15) is 5.11 Å². The van der Waals surface area contributed by atoms with Gasteiger partial charge in [-0.1, -0.05) is 35.9 Å². The van der Waals surface area contributed by atoms with Gasteiger partial charge in [-0.3, -0.25) is 4.90 Å². The summed E-state index contributed by atoms with van der Waals surface area (Å²) in [6, 6.07) is 12.1. The molecule has 94 valence electrons. The third kappa shape index (κ3) is 2.45. The molecule has 4 heteroatoms. The lowest BCUT2D eigenvalue weighted by molar-refractivity contribution is 0.0888. The van der Waals surface area contributed by atoms with E-state index in [2.05, 4.69) is 17.0 Å². The largest absolute Gasteiger partial charge is 0.387 e. The predicted molar refractivity (Wildman–Crippen MR) is 74.8 cm³/mol. The number of hydrogen-bond donors (Lipinski definition) is 1. The molecule has 3 rings (SSSR count). The molecule has 18 heavy (non-hydrogen) atoms. The Hall–Kier alpha value is -0.870. The Morgan fingerprint density at radius 3 is 2.89 bits per heavy atom. The number of aliphatic hydroxyl groups excluding tert-OH is 1. The van der Waals surface area contributed by atoms with Crippen LogP contribution in [0.4, 0.5) is 0 Å². The molecule has 1 atom stereocenters. The summed E-state index contributed by atoms with van der Waals surface area (Å²) in [5.74, 6) is 0. The molecule has 0 saturated heterocycles. The number of rotatable bonds is 2. The first kappa shape index (κ1) is 12.2. The van der Waals surface area contributed by atoms with E-state index in [4.69, 9.17) is 11.6 Å². The maximum absolute atomic E-state index is 10.2. The zero-order valence-electron chi connectivity index (χ0n) is 9.84. The monoisotopic (exact) mass is 279 g/mol. The summed E-state index contributed by atoms with van der Waals surface area (Å²) in [4.78, 5) is 3.50. The highest BCUT2D eigenvalue weighted by atomic mass is 35.5. The van der Waals surface area contributed by atoms with Crippen LogP contribution in [0.2, 0.25) is 4.34 Å². The summed E-state index contributed by atoms with van der Waals surface area (Å²) in [6.07, 6.45) is -0.384. The summed E-state index contributed by atoms with van der Waals surface area (Å²) in [6.45, 7) is 2.43. The third-order valence-corrected chi connectivity index (χ3v) is 4.46. The number of nitrogens with zero attached hydrogens (tertiary/aromatic N) is 1. The van der Waals surface area contributed by atoms with Gasteiger partial charge in [0, 0.05) is 24.5 Å². The maximum Gasteiger partial charge on any atom is 0.0931 e. The minimum atomic E-state index is -0.384. The van der Waals surface area contributed by atoms with Gasteiger partial charge in [0.2, 0.25) is 0 Å². The molecular weight excluding hydrogens is 266 g/mol. The Morgan fingerprint density at radius 1 is 1.28 bits per heavy atom. The molecule has 0 spiro atoms. The van der Waals surface area contributed by atoms with Crippen molar-refractivity contribution in [3.8, 4) is 0 Å². The second kappa shape index (κ2) is 5.02. The van der Waals surface area contributed by atoms with Gasteiger partial charge in [-0.15, -0.1) is 11.3 Å². The molecule has 2 nitrogen and oxygen atoms in total. The minimum absolute atomic E-state index is 0.384. The molecular formula is C14H14ClNOS. The molecule has 1 aliphatic rings. The first-order valence-corrected chi connectivity index (χ1v) is 7.14. The van der Waals surface area contributed by atoms with Crippen molar-refractivity contribution in [3.05, 3.63) is 56.7 Å². The summed E-state index contributed by atoms with van der Waals surface area (Å²) < 4.78 is 0.822. The molecule has 0 aliphatic carbocycles. The van der Waals surface area contributed by atoms with Crippen molar-refractivity contribution in [2.75, 3.05) is 6.54 Å². The van der Waals surface area contributed by atoms with Crippen LogP contribution < -0.4 is 0 Å². The van der Waals surface area contributed by atoms with E-state index in [1.54, 1.807) is 11.3 Å². The van der Waals surface area contributed by atoms with Gasteiger partial charge in [0.05, 0.1) is 10.4 Å². The molecule has 0 saturated carbocycles. The molecule has 1 aliphatic heterocycles. The van der Waals surface area contributed by atoms with E-state index >= 15 is 0 Å². The fourth-order valence-electron chi connectivity index (χ4n) is 2.43. The lowest BCUT2D eigenvalue weighted by Crippen LogP contribution is -2.32. The normalized spacial score (nSPS) is 19.8. The fraction of sp³-hybridized carbons (Fsp3) is 0.286. The Bertz CT molecular complexity index is 554. The van der Waals surface area contributed by atoms with Crippen molar-refractivity contribution in [2.45, 2.75) is 19.2 Å². The van der Waals surface area contributed by atoms with Crippen molar-refractivity contribution in [3.63, 3.8) is 0 Å². The Labute approximate surface area is 115 Å². The molecule has 0 fully saturated rings. The van der Waals surface area contributed by atoms with Crippen molar-refractivity contribution in [1.82, 2.24) is 4.90 Å². The Morgan fingerprint density at radius 2 is 2.11 bits per heavy atom. The first-order chi connectivity index (χ1) is 8.72. The quantitative estimate of drug-likeness (QED) is 0.910. The highest BCUT2D eigenvalue weighted by Gasteiger charge is 2.23. The highest BCUT2D eigenvalue weighted by Crippen LogP contribution is 2.29. The van der Waals surface area contributed by atoms with Crippen molar-refractivity contribution in [2.24, 2.45) is 0 Å². The number of benzene rings is 1. The summed E-state index contributed by atoms with van der Waals surface area (Å²) in [5.41, 5.74) is 2.29. The van der Waals surface area contributed by atoms with Crippen LogP contribution in [0.3, 0.4) is 0 Å². The number of thiophene rings is 1. The van der Waals surface area contributed by atoms with Gasteiger partial charge in [-0.05, 0) is 23.3 Å². The standard InChI is InChI=1S/C14H14ClNOS/c15-14-6-5-11(18-14)8-16-7-10-3-1-2-4-12(10)13(17)9-16/h1-6,13,17H,7-9H2/t13-/m0/s1. The van der Waals surface area contributed by atoms with E-state index in [0.717, 1.165) is 23.0 Å². The van der Waals surface area contributed by atoms with Crippen molar-refractivity contribution in [1.29, 1.82) is 0 Å². The SMILES string of the molecule is O[C@H]1CN(Cc2ccc(Cl)s2)Cc2ccccc21. The maximum atomic E-state index is 10.2. The van der Waals surface area contributed by atoms with Gasteiger partial charge < -0.3 is 5.11 Å². The number of β-amino-alcohol motifs (C(OH)–C–C–N with tert-alkyl or cyclic N) is 1. The molecule has 2 aromatic rings. The van der Waals surface area contributed by atoms with Gasteiger partial charge in [-0.25, -0.2) is 0 Å². The predicted octanol–water partition coefficient (Wildman–Crippen LogP) is 3.45. The number of halogens is 1. The summed E-state index contributed by atoms with van der Waals surface area (Å²) in [5, 5.41) is 10.2. The van der Waals surface area contributed by atoms with Crippen LogP contribution in [0.15, 0.2) is 36.4 Å². The second-order valence-electron chi connectivity index (χ2n) is 4.59. The lowest BCUT2D eigenvalue weighted by Gasteiger charge is -2.31. The van der Waals surface area contributed by atoms with Gasteiger partial charge in [0.25, 0.3) is 0 Å². The number of aliphatic hydroxyl groups is 1. The molecule has 0 radical (unpaired) electrons. The molecule has 0 bridgehead atoms. The zero-order valence-corrected chi connectivity index (χ0v) is 11.4. The van der Waals surface area contributed by atoms with E-state index in [-0.39, 0.29) is 6.10 Å². The molecule has 1 N–H and O–H groups in total. The fourth-order valence-corrected chi connectivity index (χ4v) is 3.56. The van der Waals surface area contributed by atoms with Crippen LogP contribution in [-0.2, 0) is 13.1 Å². The van der Waals surface area contributed by atoms with Crippen LogP contribution in [0.1, 0.15) is 22.1 Å². The highest BCUT2D eigenvalue weighted by molar-refractivity contribution is 7.16. The second-order valence-corrected chi connectivity index (χ2v) is 6.39. The average molecular weight is 280 g/mol. The van der Waals surface area contributed by atoms with Crippen molar-refractivity contribution < 1.29 is 5.11 Å². The molecule has 2 heterocycles. The molecule has 1 aromatic heterocycles. The molecule has 0 amide bonds. The smallest absolute Gasteiger partial charge is 0.0931 e. The van der Waals surface area contributed by atoms with Gasteiger partial charge >= 0.3 is 0 Å². The van der Waals surface area contributed by atoms with Crippen LogP contribution >= 0.6 is 22.9 Å². The van der Waals surface area contributed by atoms with Gasteiger partial charge in [-0.2, -0.15) is 0 Å². The summed E-state index contributed by atoms with van der Waals surface area (Å²) in [7, 11) is 0. The minimum Gasteiger partial charge on any atom is -0.387 e. The van der Waals surface area contributed by atoms with Gasteiger partial charge in [0.1, 0.15) is 0 Å². The van der Waals surface area contributed by atoms with E-state index in [1.807, 2.05) is 24.3 Å². The topological polar surface area (TPSA) is 23.5 Å². The number of hydrogen-bond acceptors (Lipinski definition) is 3. The molecule has 0 unspecified atom stereocenters. The van der Waals surface area contributed by atoms with Crippen LogP contribution in [0.5, 0.6) is 0 Å². The Balaban J connectivity index is 1.77. The van der Waals surface area contributed by atoms with Crippen molar-refractivity contribution >= 4 is 22.9 Å². The van der Waals surface area contributed by atoms with E-state index < -0.39 is 0 Å². The Kier molecular flexibility index (Phi) is 3.39. The van der Waals surface area contributed by atoms with E-state index in [0.29, 0.717) is 6.54 Å². The first-order valence-electron chi connectivity index (χ1n) is 5.95. The van der Waals surface area contributed by atoms with Crippen LogP contribution in [0.25, 0.3) is 0 Å². The summed E-state index contributed by atoms with van der Waals surface area (Å²) >= 11 is 7.54. The average Bonchev–Trinajstić information content (AvgIpc) is 2.75. The van der Waals surface area contributed by atoms with Crippen LogP contribution in [-0.4, -0.2) is 16.6 Å². The van der Waals surface area contributed by atoms with Crippen LogP contribution in [0, 0.1) is 0 Å². The third-order valence-electron chi connectivity index (χ3n) is 3.25.